The van der Waals surface area contributed by atoms with E-state index < -0.39 is 0 Å². The molecule has 18 heavy (non-hydrogen) atoms. The highest BCUT2D eigenvalue weighted by atomic mass is 79.9. The highest BCUT2D eigenvalue weighted by Crippen LogP contribution is 2.17. The van der Waals surface area contributed by atoms with Gasteiger partial charge in [-0.1, -0.05) is 73.5 Å². The highest BCUT2D eigenvalue weighted by molar-refractivity contribution is 9.09. The molecule has 0 aliphatic heterocycles. The lowest BCUT2D eigenvalue weighted by Gasteiger charge is -2.09. The molecule has 2 heteroatoms. The van der Waals surface area contributed by atoms with Crippen molar-refractivity contribution in [3.8, 4) is 0 Å². The maximum Gasteiger partial charge on any atom is 0.123 e. The Labute approximate surface area is 119 Å². The van der Waals surface area contributed by atoms with E-state index in [0.29, 0.717) is 4.83 Å². The number of alkyl halides is 1. The van der Waals surface area contributed by atoms with Crippen LogP contribution in [-0.4, -0.2) is 4.83 Å². The first-order valence-corrected chi connectivity index (χ1v) is 8.02. The molecule has 0 nitrogen and oxygen atoms in total. The van der Waals surface area contributed by atoms with Gasteiger partial charge in [-0.25, -0.2) is 4.39 Å². The third kappa shape index (κ3) is 7.15. The van der Waals surface area contributed by atoms with E-state index in [2.05, 4.69) is 22.9 Å². The molecule has 1 atom stereocenters. The quantitative estimate of drug-likeness (QED) is 0.394. The Balaban J connectivity index is 2.10. The monoisotopic (exact) mass is 314 g/mol. The maximum atomic E-state index is 12.8. The van der Waals surface area contributed by atoms with Crippen molar-refractivity contribution in [1.82, 2.24) is 0 Å². The predicted octanol–water partition coefficient (Wildman–Crippen LogP) is 5.88. The molecule has 1 aromatic carbocycles. The molecule has 1 aromatic rings. The molecule has 0 radical (unpaired) electrons. The summed E-state index contributed by atoms with van der Waals surface area (Å²) in [5.41, 5.74) is 1.21. The van der Waals surface area contributed by atoms with Gasteiger partial charge in [0.1, 0.15) is 5.82 Å². The third-order valence-corrected chi connectivity index (χ3v) is 4.02. The van der Waals surface area contributed by atoms with Gasteiger partial charge in [0.25, 0.3) is 0 Å². The van der Waals surface area contributed by atoms with Crippen LogP contribution in [0.25, 0.3) is 0 Å². The van der Waals surface area contributed by atoms with Gasteiger partial charge in [-0.15, -0.1) is 0 Å². The minimum absolute atomic E-state index is 0.152. The topological polar surface area (TPSA) is 0 Å². The van der Waals surface area contributed by atoms with Crippen LogP contribution in [0.1, 0.15) is 57.4 Å². The van der Waals surface area contributed by atoms with E-state index in [1.165, 1.54) is 50.5 Å². The van der Waals surface area contributed by atoms with Crippen LogP contribution in [0.4, 0.5) is 4.39 Å². The predicted molar refractivity (Wildman–Crippen MR) is 80.8 cm³/mol. The van der Waals surface area contributed by atoms with Gasteiger partial charge in [-0.3, -0.25) is 0 Å². The first kappa shape index (κ1) is 15.7. The zero-order valence-electron chi connectivity index (χ0n) is 11.3. The van der Waals surface area contributed by atoms with Crippen LogP contribution in [0.15, 0.2) is 24.3 Å². The number of hydrogen-bond donors (Lipinski definition) is 0. The molecule has 1 rings (SSSR count). The van der Waals surface area contributed by atoms with Gasteiger partial charge in [0.2, 0.25) is 0 Å². The lowest BCUT2D eigenvalue weighted by molar-refractivity contribution is 0.582. The smallest absolute Gasteiger partial charge is 0.123 e. The summed E-state index contributed by atoms with van der Waals surface area (Å²) in [6, 6.07) is 6.84. The lowest BCUT2D eigenvalue weighted by Crippen LogP contribution is -2.02. The molecule has 0 saturated carbocycles. The molecule has 0 aliphatic carbocycles. The fourth-order valence-electron chi connectivity index (χ4n) is 2.12. The van der Waals surface area contributed by atoms with E-state index in [9.17, 15) is 4.39 Å². The molecule has 102 valence electrons. The Morgan fingerprint density at radius 1 is 1.00 bits per heavy atom. The van der Waals surface area contributed by atoms with Gasteiger partial charge < -0.3 is 0 Å². The highest BCUT2D eigenvalue weighted by Gasteiger charge is 2.05. The van der Waals surface area contributed by atoms with Crippen molar-refractivity contribution in [2.24, 2.45) is 0 Å². The molecule has 0 N–H and O–H groups in total. The number of hydrogen-bond acceptors (Lipinski definition) is 0. The second-order valence-corrected chi connectivity index (χ2v) is 6.28. The van der Waals surface area contributed by atoms with E-state index in [0.717, 1.165) is 6.42 Å². The molecule has 0 saturated heterocycles. The Morgan fingerprint density at radius 3 is 2.28 bits per heavy atom. The van der Waals surface area contributed by atoms with E-state index in [-0.39, 0.29) is 5.82 Å². The minimum atomic E-state index is -0.152. The molecule has 0 aromatic heterocycles. The van der Waals surface area contributed by atoms with E-state index in [1.807, 2.05) is 12.1 Å². The molecule has 1 unspecified atom stereocenters. The third-order valence-electron chi connectivity index (χ3n) is 3.24. The van der Waals surface area contributed by atoms with Gasteiger partial charge in [0.05, 0.1) is 0 Å². The summed E-state index contributed by atoms with van der Waals surface area (Å²) in [6.45, 7) is 2.25. The fraction of sp³-hybridized carbons (Fsp3) is 0.625. The summed E-state index contributed by atoms with van der Waals surface area (Å²) in [6.07, 6.45) is 10.3. The lowest BCUT2D eigenvalue weighted by atomic mass is 10.0. The Morgan fingerprint density at radius 2 is 1.61 bits per heavy atom. The Kier molecular flexibility index (Phi) is 8.32. The van der Waals surface area contributed by atoms with Crippen molar-refractivity contribution < 1.29 is 4.39 Å². The second kappa shape index (κ2) is 9.55. The van der Waals surface area contributed by atoms with Crippen molar-refractivity contribution in [1.29, 1.82) is 0 Å². The van der Waals surface area contributed by atoms with Crippen LogP contribution in [-0.2, 0) is 6.42 Å². The molecule has 0 bridgehead atoms. The SMILES string of the molecule is CCCCCCCCC(Br)Cc1ccc(F)cc1. The molecule has 0 spiro atoms. The van der Waals surface area contributed by atoms with Gasteiger partial charge >= 0.3 is 0 Å². The fourth-order valence-corrected chi connectivity index (χ4v) is 2.82. The molecule has 0 heterocycles. The van der Waals surface area contributed by atoms with Crippen LogP contribution < -0.4 is 0 Å². The normalized spacial score (nSPS) is 12.6. The van der Waals surface area contributed by atoms with Gasteiger partial charge in [0, 0.05) is 4.83 Å². The van der Waals surface area contributed by atoms with Crippen LogP contribution in [0.3, 0.4) is 0 Å². The van der Waals surface area contributed by atoms with Gasteiger partial charge in [0.15, 0.2) is 0 Å². The van der Waals surface area contributed by atoms with Crippen molar-refractivity contribution in [2.75, 3.05) is 0 Å². The molecular weight excluding hydrogens is 291 g/mol. The van der Waals surface area contributed by atoms with Crippen molar-refractivity contribution >= 4 is 15.9 Å². The van der Waals surface area contributed by atoms with Crippen molar-refractivity contribution in [3.63, 3.8) is 0 Å². The summed E-state index contributed by atoms with van der Waals surface area (Å²) in [5, 5.41) is 0. The van der Waals surface area contributed by atoms with E-state index in [1.54, 1.807) is 12.1 Å². The molecule has 0 aliphatic rings. The molecular formula is C16H24BrF. The van der Waals surface area contributed by atoms with Crippen LogP contribution in [0, 0.1) is 5.82 Å². The first-order valence-electron chi connectivity index (χ1n) is 7.11. The average molecular weight is 315 g/mol. The summed E-state index contributed by atoms with van der Waals surface area (Å²) in [5.74, 6) is -0.152. The summed E-state index contributed by atoms with van der Waals surface area (Å²) in [7, 11) is 0. The van der Waals surface area contributed by atoms with Crippen LogP contribution >= 0.6 is 15.9 Å². The summed E-state index contributed by atoms with van der Waals surface area (Å²) < 4.78 is 12.8. The van der Waals surface area contributed by atoms with E-state index in [4.69, 9.17) is 0 Å². The zero-order chi connectivity index (χ0) is 13.2. The number of halogens is 2. The second-order valence-electron chi connectivity index (χ2n) is 4.98. The Hall–Kier alpha value is -0.370. The van der Waals surface area contributed by atoms with Gasteiger partial charge in [-0.2, -0.15) is 0 Å². The van der Waals surface area contributed by atoms with E-state index >= 15 is 0 Å². The summed E-state index contributed by atoms with van der Waals surface area (Å²) >= 11 is 3.72. The number of benzene rings is 1. The standard InChI is InChI=1S/C16H24BrF/c1-2-3-4-5-6-7-8-15(17)13-14-9-11-16(18)12-10-14/h9-12,15H,2-8,13H2,1H3. The minimum Gasteiger partial charge on any atom is -0.207 e. The Bertz CT molecular complexity index is 307. The summed E-state index contributed by atoms with van der Waals surface area (Å²) in [4.78, 5) is 0.522. The van der Waals surface area contributed by atoms with Crippen molar-refractivity contribution in [2.45, 2.75) is 63.1 Å². The van der Waals surface area contributed by atoms with Crippen LogP contribution in [0.5, 0.6) is 0 Å². The zero-order valence-corrected chi connectivity index (χ0v) is 12.9. The van der Waals surface area contributed by atoms with Gasteiger partial charge in [-0.05, 0) is 30.5 Å². The maximum absolute atomic E-state index is 12.8. The van der Waals surface area contributed by atoms with Crippen LogP contribution in [0.2, 0.25) is 0 Å². The number of unbranched alkanes of at least 4 members (excludes halogenated alkanes) is 5. The molecule has 0 amide bonds. The molecule has 0 fully saturated rings. The first-order chi connectivity index (χ1) is 8.72. The van der Waals surface area contributed by atoms with Crippen molar-refractivity contribution in [3.05, 3.63) is 35.6 Å². The average Bonchev–Trinajstić information content (AvgIpc) is 2.36. The largest absolute Gasteiger partial charge is 0.207 e. The number of rotatable bonds is 9.